The van der Waals surface area contributed by atoms with Crippen molar-refractivity contribution >= 4 is 9.84 Å². The molecule has 0 aromatic rings. The Morgan fingerprint density at radius 3 is 2.40 bits per heavy atom. The number of unbranched alkanes of at least 4 members (excludes halogenated alkanes) is 3. The van der Waals surface area contributed by atoms with Gasteiger partial charge in [-0.1, -0.05) is 12.5 Å². The van der Waals surface area contributed by atoms with Crippen LogP contribution in [0.5, 0.6) is 0 Å². The lowest BCUT2D eigenvalue weighted by molar-refractivity contribution is 0.584. The Hall–Kier alpha value is -0.350. The lowest BCUT2D eigenvalue weighted by Gasteiger charge is -2.03. The maximum Gasteiger partial charge on any atom is 0.147 e. The van der Waals surface area contributed by atoms with Crippen LogP contribution in [-0.2, 0) is 9.84 Å². The molecule has 0 heterocycles. The summed E-state index contributed by atoms with van der Waals surface area (Å²) in [6.07, 6.45) is 8.60. The Bertz CT molecular complexity index is 247. The van der Waals surface area contributed by atoms with E-state index in [-0.39, 0.29) is 5.75 Å². The normalized spacial score (nSPS) is 11.5. The van der Waals surface area contributed by atoms with E-state index in [1.54, 1.807) is 0 Å². The number of allylic oxidation sites excluding steroid dienone is 1. The average molecular weight is 233 g/mol. The summed E-state index contributed by atoms with van der Waals surface area (Å²) in [5.41, 5.74) is 0. The van der Waals surface area contributed by atoms with Crippen molar-refractivity contribution in [3.63, 3.8) is 0 Å². The van der Waals surface area contributed by atoms with Crippen molar-refractivity contribution in [1.82, 2.24) is 5.32 Å². The van der Waals surface area contributed by atoms with Gasteiger partial charge in [-0.3, -0.25) is 0 Å². The fourth-order valence-electron chi connectivity index (χ4n) is 1.30. The second-order valence-corrected chi connectivity index (χ2v) is 6.13. The smallest absolute Gasteiger partial charge is 0.147 e. The quantitative estimate of drug-likeness (QED) is 0.462. The minimum atomic E-state index is -2.78. The van der Waals surface area contributed by atoms with Crippen LogP contribution >= 0.6 is 0 Å². The van der Waals surface area contributed by atoms with E-state index in [0.717, 1.165) is 25.9 Å². The molecule has 0 saturated heterocycles. The highest BCUT2D eigenvalue weighted by Gasteiger charge is 1.99. The van der Waals surface area contributed by atoms with E-state index in [4.69, 9.17) is 0 Å². The zero-order valence-corrected chi connectivity index (χ0v) is 10.5. The molecule has 0 atom stereocenters. The predicted octanol–water partition coefficient (Wildman–Crippen LogP) is 1.76. The van der Waals surface area contributed by atoms with Crippen LogP contribution in [-0.4, -0.2) is 33.5 Å². The summed E-state index contributed by atoms with van der Waals surface area (Å²) in [7, 11) is -2.78. The zero-order chi connectivity index (χ0) is 11.6. The molecule has 0 fully saturated rings. The summed E-state index contributed by atoms with van der Waals surface area (Å²) >= 11 is 0. The average Bonchev–Trinajstić information content (AvgIpc) is 2.14. The third-order valence-electron chi connectivity index (χ3n) is 2.13. The molecular weight excluding hydrogens is 210 g/mol. The van der Waals surface area contributed by atoms with Gasteiger partial charge in [-0.15, -0.1) is 6.58 Å². The Balaban J connectivity index is 3.08. The molecule has 0 rings (SSSR count). The molecule has 15 heavy (non-hydrogen) atoms. The molecule has 1 N–H and O–H groups in total. The van der Waals surface area contributed by atoms with Crippen LogP contribution in [0.25, 0.3) is 0 Å². The first kappa shape index (κ1) is 14.6. The molecule has 0 bridgehead atoms. The van der Waals surface area contributed by atoms with Gasteiger partial charge in [0.05, 0.1) is 5.75 Å². The monoisotopic (exact) mass is 233 g/mol. The molecule has 0 radical (unpaired) electrons. The van der Waals surface area contributed by atoms with Crippen molar-refractivity contribution in [2.45, 2.75) is 32.1 Å². The molecule has 90 valence electrons. The molecule has 0 amide bonds. The molecule has 0 aromatic carbocycles. The number of hydrogen-bond acceptors (Lipinski definition) is 3. The Kier molecular flexibility index (Phi) is 8.71. The molecule has 0 aliphatic heterocycles. The van der Waals surface area contributed by atoms with E-state index in [1.807, 2.05) is 6.08 Å². The SMILES string of the molecule is C=CCCCCCNCCCS(C)(=O)=O. The summed E-state index contributed by atoms with van der Waals surface area (Å²) in [5, 5.41) is 3.24. The minimum Gasteiger partial charge on any atom is -0.317 e. The number of nitrogens with one attached hydrogen (secondary N) is 1. The fraction of sp³-hybridized carbons (Fsp3) is 0.818. The van der Waals surface area contributed by atoms with Crippen molar-refractivity contribution in [2.75, 3.05) is 25.1 Å². The van der Waals surface area contributed by atoms with Crippen LogP contribution in [0.2, 0.25) is 0 Å². The summed E-state index contributed by atoms with van der Waals surface area (Å²) in [6.45, 7) is 5.46. The standard InChI is InChI=1S/C11H23NO2S/c1-3-4-5-6-7-9-12-10-8-11-15(2,13)14/h3,12H,1,4-11H2,2H3. The second kappa shape index (κ2) is 8.92. The second-order valence-electron chi connectivity index (χ2n) is 3.87. The van der Waals surface area contributed by atoms with Crippen molar-refractivity contribution in [2.24, 2.45) is 0 Å². The molecule has 0 unspecified atom stereocenters. The molecular formula is C11H23NO2S. The summed E-state index contributed by atoms with van der Waals surface area (Å²) < 4.78 is 21.6. The first-order chi connectivity index (χ1) is 7.06. The van der Waals surface area contributed by atoms with E-state index in [1.165, 1.54) is 19.1 Å². The number of rotatable bonds is 10. The summed E-state index contributed by atoms with van der Waals surface area (Å²) in [4.78, 5) is 0. The number of sulfone groups is 1. The third kappa shape index (κ3) is 13.7. The van der Waals surface area contributed by atoms with Crippen LogP contribution in [0.4, 0.5) is 0 Å². The van der Waals surface area contributed by atoms with Crippen LogP contribution in [0, 0.1) is 0 Å². The van der Waals surface area contributed by atoms with Gasteiger partial charge < -0.3 is 5.32 Å². The molecule has 0 aliphatic carbocycles. The van der Waals surface area contributed by atoms with Crippen LogP contribution in [0.1, 0.15) is 32.1 Å². The molecule has 0 aromatic heterocycles. The number of hydrogen-bond donors (Lipinski definition) is 1. The Morgan fingerprint density at radius 1 is 1.13 bits per heavy atom. The van der Waals surface area contributed by atoms with E-state index >= 15 is 0 Å². The Morgan fingerprint density at radius 2 is 1.80 bits per heavy atom. The molecule has 0 saturated carbocycles. The molecule has 0 spiro atoms. The third-order valence-corrected chi connectivity index (χ3v) is 3.16. The first-order valence-electron chi connectivity index (χ1n) is 5.55. The van der Waals surface area contributed by atoms with Gasteiger partial charge in [0.2, 0.25) is 0 Å². The van der Waals surface area contributed by atoms with Crippen molar-refractivity contribution in [3.8, 4) is 0 Å². The summed E-state index contributed by atoms with van der Waals surface area (Å²) in [5.74, 6) is 0.288. The van der Waals surface area contributed by atoms with Crippen LogP contribution in [0.3, 0.4) is 0 Å². The maximum atomic E-state index is 10.8. The highest BCUT2D eigenvalue weighted by atomic mass is 32.2. The fourth-order valence-corrected chi connectivity index (χ4v) is 1.97. The van der Waals surface area contributed by atoms with E-state index in [2.05, 4.69) is 11.9 Å². The lowest BCUT2D eigenvalue weighted by atomic mass is 10.2. The van der Waals surface area contributed by atoms with Crippen molar-refractivity contribution in [3.05, 3.63) is 12.7 Å². The van der Waals surface area contributed by atoms with Gasteiger partial charge in [0.25, 0.3) is 0 Å². The molecule has 0 aliphatic rings. The van der Waals surface area contributed by atoms with Gasteiger partial charge in [0.15, 0.2) is 0 Å². The van der Waals surface area contributed by atoms with Gasteiger partial charge in [-0.25, -0.2) is 8.42 Å². The van der Waals surface area contributed by atoms with Gasteiger partial charge in [-0.05, 0) is 38.8 Å². The Labute approximate surface area is 93.9 Å². The minimum absolute atomic E-state index is 0.288. The maximum absolute atomic E-state index is 10.8. The molecule has 3 nitrogen and oxygen atoms in total. The zero-order valence-electron chi connectivity index (χ0n) is 9.67. The predicted molar refractivity (Wildman–Crippen MR) is 65.9 cm³/mol. The van der Waals surface area contributed by atoms with E-state index in [9.17, 15) is 8.42 Å². The van der Waals surface area contributed by atoms with Gasteiger partial charge in [0, 0.05) is 6.26 Å². The largest absolute Gasteiger partial charge is 0.317 e. The van der Waals surface area contributed by atoms with Crippen molar-refractivity contribution < 1.29 is 8.42 Å². The van der Waals surface area contributed by atoms with Crippen molar-refractivity contribution in [1.29, 1.82) is 0 Å². The lowest BCUT2D eigenvalue weighted by Crippen LogP contribution is -2.19. The topological polar surface area (TPSA) is 46.2 Å². The van der Waals surface area contributed by atoms with Gasteiger partial charge in [-0.2, -0.15) is 0 Å². The first-order valence-corrected chi connectivity index (χ1v) is 7.61. The highest BCUT2D eigenvalue weighted by molar-refractivity contribution is 7.90. The van der Waals surface area contributed by atoms with Crippen LogP contribution < -0.4 is 5.32 Å². The van der Waals surface area contributed by atoms with Gasteiger partial charge >= 0.3 is 0 Å². The van der Waals surface area contributed by atoms with Crippen LogP contribution in [0.15, 0.2) is 12.7 Å². The summed E-state index contributed by atoms with van der Waals surface area (Å²) in [6, 6.07) is 0. The van der Waals surface area contributed by atoms with E-state index in [0.29, 0.717) is 6.42 Å². The van der Waals surface area contributed by atoms with Gasteiger partial charge in [0.1, 0.15) is 9.84 Å². The van der Waals surface area contributed by atoms with E-state index < -0.39 is 9.84 Å². The highest BCUT2D eigenvalue weighted by Crippen LogP contribution is 1.98. The molecule has 4 heteroatoms.